The van der Waals surface area contributed by atoms with Crippen LogP contribution in [0.4, 0.5) is 5.69 Å². The molecule has 2 rings (SSSR count). The summed E-state index contributed by atoms with van der Waals surface area (Å²) in [6.07, 6.45) is 3.26. The molecule has 0 radical (unpaired) electrons. The summed E-state index contributed by atoms with van der Waals surface area (Å²) in [4.78, 5) is 13.9. The van der Waals surface area contributed by atoms with Crippen LogP contribution in [0.25, 0.3) is 0 Å². The number of benzene rings is 1. The molecule has 5 heteroatoms. The number of carbonyl (C=O) groups excluding carboxylic acids is 1. The number of carbonyl (C=O) groups is 1. The van der Waals surface area contributed by atoms with Gasteiger partial charge in [0.1, 0.15) is 0 Å². The minimum Gasteiger partial charge on any atom is -0.378 e. The van der Waals surface area contributed by atoms with Crippen molar-refractivity contribution in [3.63, 3.8) is 0 Å². The van der Waals surface area contributed by atoms with Gasteiger partial charge in [0.25, 0.3) is 5.91 Å². The van der Waals surface area contributed by atoms with E-state index in [1.807, 2.05) is 37.2 Å². The van der Waals surface area contributed by atoms with Crippen molar-refractivity contribution in [1.82, 2.24) is 15.1 Å². The first-order chi connectivity index (χ1) is 9.06. The molecule has 1 aromatic heterocycles. The Kier molecular flexibility index (Phi) is 3.85. The first-order valence-electron chi connectivity index (χ1n) is 6.09. The van der Waals surface area contributed by atoms with Crippen LogP contribution in [0.2, 0.25) is 0 Å². The maximum atomic E-state index is 11.9. The normalized spacial score (nSPS) is 10.3. The average molecular weight is 258 g/mol. The van der Waals surface area contributed by atoms with Crippen molar-refractivity contribution in [2.24, 2.45) is 7.05 Å². The first kappa shape index (κ1) is 13.1. The second kappa shape index (κ2) is 5.56. The van der Waals surface area contributed by atoms with Crippen molar-refractivity contribution in [3.8, 4) is 0 Å². The zero-order valence-corrected chi connectivity index (χ0v) is 11.4. The van der Waals surface area contributed by atoms with Gasteiger partial charge in [0.05, 0.1) is 11.8 Å². The summed E-state index contributed by atoms with van der Waals surface area (Å²) < 4.78 is 1.61. The van der Waals surface area contributed by atoms with Crippen molar-refractivity contribution >= 4 is 11.6 Å². The second-order valence-electron chi connectivity index (χ2n) is 4.65. The van der Waals surface area contributed by atoms with Crippen molar-refractivity contribution in [2.45, 2.75) is 6.54 Å². The fraction of sp³-hybridized carbons (Fsp3) is 0.286. The fourth-order valence-corrected chi connectivity index (χ4v) is 1.77. The lowest BCUT2D eigenvalue weighted by molar-refractivity contribution is 0.0951. The monoisotopic (exact) mass is 258 g/mol. The number of anilines is 1. The fourth-order valence-electron chi connectivity index (χ4n) is 1.77. The van der Waals surface area contributed by atoms with E-state index in [2.05, 4.69) is 16.5 Å². The lowest BCUT2D eigenvalue weighted by Gasteiger charge is -2.13. The summed E-state index contributed by atoms with van der Waals surface area (Å²) in [5.74, 6) is -0.108. The van der Waals surface area contributed by atoms with Crippen molar-refractivity contribution in [2.75, 3.05) is 19.0 Å². The number of hydrogen-bond donors (Lipinski definition) is 1. The Balaban J connectivity index is 1.99. The predicted octanol–water partition coefficient (Wildman–Crippen LogP) is 1.42. The smallest absolute Gasteiger partial charge is 0.254 e. The zero-order chi connectivity index (χ0) is 13.8. The van der Waals surface area contributed by atoms with Gasteiger partial charge in [-0.05, 0) is 17.7 Å². The number of amides is 1. The van der Waals surface area contributed by atoms with Crippen LogP contribution in [0.1, 0.15) is 15.9 Å². The molecule has 0 saturated carbocycles. The van der Waals surface area contributed by atoms with E-state index in [9.17, 15) is 4.79 Å². The van der Waals surface area contributed by atoms with E-state index in [0.29, 0.717) is 12.1 Å². The molecule has 0 unspecified atom stereocenters. The number of aryl methyl sites for hydroxylation is 1. The molecule has 1 N–H and O–H groups in total. The number of rotatable bonds is 4. The topological polar surface area (TPSA) is 50.2 Å². The Bertz CT molecular complexity index is 574. The van der Waals surface area contributed by atoms with Gasteiger partial charge in [-0.15, -0.1) is 0 Å². The third kappa shape index (κ3) is 3.34. The SMILES string of the molecule is CN(C)c1cccc(CNC(=O)c2cnn(C)c2)c1. The molecule has 100 valence electrons. The molecule has 0 aliphatic heterocycles. The van der Waals surface area contributed by atoms with E-state index in [4.69, 9.17) is 0 Å². The highest BCUT2D eigenvalue weighted by atomic mass is 16.1. The van der Waals surface area contributed by atoms with Crippen LogP contribution in [0.15, 0.2) is 36.7 Å². The molecule has 1 heterocycles. The first-order valence-corrected chi connectivity index (χ1v) is 6.09. The molecular weight excluding hydrogens is 240 g/mol. The second-order valence-corrected chi connectivity index (χ2v) is 4.65. The summed E-state index contributed by atoms with van der Waals surface area (Å²) >= 11 is 0. The molecule has 1 aromatic carbocycles. The van der Waals surface area contributed by atoms with Crippen LogP contribution in [0.5, 0.6) is 0 Å². The van der Waals surface area contributed by atoms with E-state index in [0.717, 1.165) is 11.3 Å². The van der Waals surface area contributed by atoms with Crippen LogP contribution in [0, 0.1) is 0 Å². The Labute approximate surface area is 112 Å². The third-order valence-electron chi connectivity index (χ3n) is 2.85. The van der Waals surface area contributed by atoms with Gasteiger partial charge >= 0.3 is 0 Å². The van der Waals surface area contributed by atoms with Crippen LogP contribution >= 0.6 is 0 Å². The predicted molar refractivity (Wildman–Crippen MR) is 75.1 cm³/mol. The van der Waals surface area contributed by atoms with Gasteiger partial charge in [-0.2, -0.15) is 5.10 Å². The van der Waals surface area contributed by atoms with Gasteiger partial charge in [-0.1, -0.05) is 12.1 Å². The van der Waals surface area contributed by atoms with E-state index >= 15 is 0 Å². The molecule has 19 heavy (non-hydrogen) atoms. The Morgan fingerprint density at radius 1 is 1.42 bits per heavy atom. The minimum absolute atomic E-state index is 0.108. The standard InChI is InChI=1S/C14H18N4O/c1-17(2)13-6-4-5-11(7-13)8-15-14(19)12-9-16-18(3)10-12/h4-7,9-10H,8H2,1-3H3,(H,15,19). The third-order valence-corrected chi connectivity index (χ3v) is 2.85. The number of hydrogen-bond acceptors (Lipinski definition) is 3. The van der Waals surface area contributed by atoms with Gasteiger partial charge in [0.2, 0.25) is 0 Å². The van der Waals surface area contributed by atoms with E-state index in [1.165, 1.54) is 0 Å². The summed E-state index contributed by atoms with van der Waals surface area (Å²) in [6, 6.07) is 8.08. The zero-order valence-electron chi connectivity index (χ0n) is 11.4. The molecule has 0 saturated heterocycles. The summed E-state index contributed by atoms with van der Waals surface area (Å²) in [6.45, 7) is 0.509. The lowest BCUT2D eigenvalue weighted by Crippen LogP contribution is -2.22. The molecule has 0 atom stereocenters. The van der Waals surface area contributed by atoms with Gasteiger partial charge in [0, 0.05) is 39.6 Å². The maximum absolute atomic E-state index is 11.9. The van der Waals surface area contributed by atoms with Crippen LogP contribution in [-0.2, 0) is 13.6 Å². The van der Waals surface area contributed by atoms with Crippen LogP contribution in [-0.4, -0.2) is 29.8 Å². The number of aromatic nitrogens is 2. The van der Waals surface area contributed by atoms with Crippen LogP contribution < -0.4 is 10.2 Å². The van der Waals surface area contributed by atoms with Crippen molar-refractivity contribution in [3.05, 3.63) is 47.8 Å². The molecular formula is C14H18N4O. The highest BCUT2D eigenvalue weighted by Gasteiger charge is 2.07. The van der Waals surface area contributed by atoms with Crippen LogP contribution in [0.3, 0.4) is 0 Å². The molecule has 0 bridgehead atoms. The summed E-state index contributed by atoms with van der Waals surface area (Å²) in [5.41, 5.74) is 2.77. The molecule has 5 nitrogen and oxygen atoms in total. The Morgan fingerprint density at radius 3 is 2.84 bits per heavy atom. The molecule has 0 spiro atoms. The highest BCUT2D eigenvalue weighted by Crippen LogP contribution is 2.13. The highest BCUT2D eigenvalue weighted by molar-refractivity contribution is 5.93. The van der Waals surface area contributed by atoms with E-state index in [-0.39, 0.29) is 5.91 Å². The molecule has 2 aromatic rings. The largest absolute Gasteiger partial charge is 0.378 e. The summed E-state index contributed by atoms with van der Waals surface area (Å²) in [7, 11) is 5.78. The van der Waals surface area contributed by atoms with Gasteiger partial charge < -0.3 is 10.2 Å². The van der Waals surface area contributed by atoms with E-state index in [1.54, 1.807) is 24.1 Å². The molecule has 0 aliphatic carbocycles. The molecule has 0 aliphatic rings. The van der Waals surface area contributed by atoms with Crippen molar-refractivity contribution < 1.29 is 4.79 Å². The summed E-state index contributed by atoms with van der Waals surface area (Å²) in [5, 5.41) is 6.86. The van der Waals surface area contributed by atoms with Gasteiger partial charge in [-0.3, -0.25) is 9.48 Å². The quantitative estimate of drug-likeness (QED) is 0.902. The minimum atomic E-state index is -0.108. The maximum Gasteiger partial charge on any atom is 0.254 e. The number of nitrogens with zero attached hydrogens (tertiary/aromatic N) is 3. The average Bonchev–Trinajstić information content (AvgIpc) is 2.83. The van der Waals surface area contributed by atoms with Gasteiger partial charge in [-0.25, -0.2) is 0 Å². The molecule has 1 amide bonds. The Morgan fingerprint density at radius 2 is 2.21 bits per heavy atom. The van der Waals surface area contributed by atoms with Gasteiger partial charge in [0.15, 0.2) is 0 Å². The lowest BCUT2D eigenvalue weighted by atomic mass is 10.2. The Hall–Kier alpha value is -2.30. The van der Waals surface area contributed by atoms with Crippen molar-refractivity contribution in [1.29, 1.82) is 0 Å². The molecule has 0 fully saturated rings. The van der Waals surface area contributed by atoms with E-state index < -0.39 is 0 Å². The number of nitrogens with one attached hydrogen (secondary N) is 1.